The number of nitrogens with one attached hydrogen (secondary N) is 2. The molecule has 0 radical (unpaired) electrons. The molecule has 0 heterocycles. The number of halogens is 4. The molecule has 1 unspecified atom stereocenters. The number of benzene rings is 1. The Balaban J connectivity index is 0.00000625. The summed E-state index contributed by atoms with van der Waals surface area (Å²) in [6.07, 6.45) is -3.23. The zero-order valence-corrected chi connectivity index (χ0v) is 17.8. The summed E-state index contributed by atoms with van der Waals surface area (Å²) in [7, 11) is -1.55. The normalized spacial score (nSPS) is 13.5. The smallest absolute Gasteiger partial charge is 0.405 e. The first-order valence-electron chi connectivity index (χ1n) is 7.49. The highest BCUT2D eigenvalue weighted by Gasteiger charge is 2.31. The van der Waals surface area contributed by atoms with Crippen molar-refractivity contribution >= 4 is 39.8 Å². The number of hydrogen-bond acceptors (Lipinski definition) is 4. The van der Waals surface area contributed by atoms with Crippen LogP contribution in [0.1, 0.15) is 18.9 Å². The molecule has 150 valence electrons. The highest BCUT2D eigenvalue weighted by Crippen LogP contribution is 2.25. The predicted molar refractivity (Wildman–Crippen MR) is 106 cm³/mol. The molecular formula is C15H23F3IN3O3S. The van der Waals surface area contributed by atoms with Crippen LogP contribution in [0, 0.1) is 0 Å². The maximum absolute atomic E-state index is 12.4. The molecule has 1 atom stereocenters. The van der Waals surface area contributed by atoms with E-state index in [1.54, 1.807) is 13.0 Å². The number of alkyl halides is 3. The van der Waals surface area contributed by atoms with Gasteiger partial charge in [0.2, 0.25) is 0 Å². The molecule has 2 N–H and O–H groups in total. The third-order valence-corrected chi connectivity index (χ3v) is 4.15. The Morgan fingerprint density at radius 2 is 1.92 bits per heavy atom. The van der Waals surface area contributed by atoms with Gasteiger partial charge >= 0.3 is 6.36 Å². The molecule has 0 aliphatic carbocycles. The maximum Gasteiger partial charge on any atom is 0.573 e. The van der Waals surface area contributed by atoms with Crippen LogP contribution >= 0.6 is 24.0 Å². The van der Waals surface area contributed by atoms with E-state index in [1.165, 1.54) is 25.2 Å². The molecule has 0 aromatic heterocycles. The summed E-state index contributed by atoms with van der Waals surface area (Å²) >= 11 is 0. The lowest BCUT2D eigenvalue weighted by Gasteiger charge is -2.19. The maximum atomic E-state index is 12.4. The van der Waals surface area contributed by atoms with Crippen LogP contribution in [0.4, 0.5) is 13.2 Å². The van der Waals surface area contributed by atoms with Crippen molar-refractivity contribution in [3.8, 4) is 5.75 Å². The molecule has 11 heteroatoms. The molecule has 0 spiro atoms. The summed E-state index contributed by atoms with van der Waals surface area (Å²) in [5, 5.41) is 5.87. The van der Waals surface area contributed by atoms with Gasteiger partial charge in [0.25, 0.3) is 0 Å². The number of aliphatic imine (C=N–C) groups is 1. The molecule has 0 bridgehead atoms. The Labute approximate surface area is 168 Å². The van der Waals surface area contributed by atoms with Crippen molar-refractivity contribution in [2.45, 2.75) is 32.3 Å². The molecule has 1 rings (SSSR count). The van der Waals surface area contributed by atoms with E-state index < -0.39 is 16.2 Å². The zero-order chi connectivity index (χ0) is 19.1. The van der Waals surface area contributed by atoms with Gasteiger partial charge < -0.3 is 15.4 Å². The lowest BCUT2D eigenvalue weighted by molar-refractivity contribution is -0.274. The van der Waals surface area contributed by atoms with Gasteiger partial charge in [-0.2, -0.15) is 0 Å². The minimum Gasteiger partial charge on any atom is -0.405 e. The van der Waals surface area contributed by atoms with E-state index in [9.17, 15) is 21.6 Å². The van der Waals surface area contributed by atoms with Crippen molar-refractivity contribution in [2.75, 3.05) is 19.1 Å². The van der Waals surface area contributed by atoms with Crippen LogP contribution in [-0.4, -0.2) is 45.8 Å². The van der Waals surface area contributed by atoms with Crippen LogP contribution in [0.3, 0.4) is 0 Å². The Bertz CT molecular complexity index is 697. The monoisotopic (exact) mass is 509 g/mol. The molecule has 0 aliphatic heterocycles. The van der Waals surface area contributed by atoms with Gasteiger partial charge in [-0.05, 0) is 19.4 Å². The number of sulfone groups is 1. The summed E-state index contributed by atoms with van der Waals surface area (Å²) in [6.45, 7) is 1.85. The largest absolute Gasteiger partial charge is 0.573 e. The average Bonchev–Trinajstić information content (AvgIpc) is 2.48. The summed E-state index contributed by atoms with van der Waals surface area (Å²) in [6, 6.07) is 5.61. The van der Waals surface area contributed by atoms with Crippen molar-refractivity contribution in [2.24, 2.45) is 4.99 Å². The van der Waals surface area contributed by atoms with E-state index >= 15 is 0 Å². The molecule has 0 aliphatic rings. The minimum atomic E-state index is -4.77. The Kier molecular flexibility index (Phi) is 10.3. The summed E-state index contributed by atoms with van der Waals surface area (Å²) in [4.78, 5) is 3.97. The molecule has 0 saturated carbocycles. The van der Waals surface area contributed by atoms with Gasteiger partial charge in [0.05, 0.1) is 5.75 Å². The van der Waals surface area contributed by atoms with Crippen LogP contribution < -0.4 is 15.4 Å². The number of guanidine groups is 1. The Morgan fingerprint density at radius 3 is 2.46 bits per heavy atom. The quantitative estimate of drug-likeness (QED) is 0.336. The van der Waals surface area contributed by atoms with Gasteiger partial charge in [-0.25, -0.2) is 8.42 Å². The van der Waals surface area contributed by atoms with Gasteiger partial charge in [0.1, 0.15) is 15.6 Å². The van der Waals surface area contributed by atoms with E-state index in [2.05, 4.69) is 20.4 Å². The molecule has 1 aromatic carbocycles. The van der Waals surface area contributed by atoms with Gasteiger partial charge in [-0.15, -0.1) is 37.1 Å². The fraction of sp³-hybridized carbons (Fsp3) is 0.533. The molecular weight excluding hydrogens is 486 g/mol. The van der Waals surface area contributed by atoms with E-state index in [-0.39, 0.29) is 48.1 Å². The second-order valence-corrected chi connectivity index (χ2v) is 7.80. The minimum absolute atomic E-state index is 0. The Morgan fingerprint density at radius 1 is 1.31 bits per heavy atom. The van der Waals surface area contributed by atoms with E-state index in [0.717, 1.165) is 6.26 Å². The standard InChI is InChI=1S/C15H22F3N3O3S.HI/c1-11(8-9-25(3,22)23)21-14(19-2)20-10-12-6-4-5-7-13(12)24-15(16,17)18;/h4-7,11H,8-10H2,1-3H3,(H2,19,20,21);1H. The molecule has 0 amide bonds. The van der Waals surface area contributed by atoms with Crippen molar-refractivity contribution in [3.63, 3.8) is 0 Å². The summed E-state index contributed by atoms with van der Waals surface area (Å²) < 4.78 is 63.6. The van der Waals surface area contributed by atoms with Crippen LogP contribution in [0.25, 0.3) is 0 Å². The van der Waals surface area contributed by atoms with Crippen molar-refractivity contribution in [3.05, 3.63) is 29.8 Å². The van der Waals surface area contributed by atoms with Crippen molar-refractivity contribution in [1.82, 2.24) is 10.6 Å². The fourth-order valence-electron chi connectivity index (χ4n) is 1.94. The lowest BCUT2D eigenvalue weighted by Crippen LogP contribution is -2.42. The van der Waals surface area contributed by atoms with Crippen molar-refractivity contribution < 1.29 is 26.3 Å². The van der Waals surface area contributed by atoms with Gasteiger partial charge in [0.15, 0.2) is 5.96 Å². The molecule has 6 nitrogen and oxygen atoms in total. The Hall–Kier alpha value is -1.24. The first-order chi connectivity index (χ1) is 11.5. The second kappa shape index (κ2) is 10.8. The summed E-state index contributed by atoms with van der Waals surface area (Å²) in [5.41, 5.74) is 0.312. The van der Waals surface area contributed by atoms with E-state index in [0.29, 0.717) is 17.9 Å². The average molecular weight is 509 g/mol. The number of nitrogens with zero attached hydrogens (tertiary/aromatic N) is 1. The number of hydrogen-bond donors (Lipinski definition) is 2. The number of para-hydroxylation sites is 1. The highest BCUT2D eigenvalue weighted by molar-refractivity contribution is 14.0. The van der Waals surface area contributed by atoms with Gasteiger partial charge in [-0.1, -0.05) is 18.2 Å². The van der Waals surface area contributed by atoms with E-state index in [1.807, 2.05) is 0 Å². The third-order valence-electron chi connectivity index (χ3n) is 3.17. The van der Waals surface area contributed by atoms with E-state index in [4.69, 9.17) is 0 Å². The van der Waals surface area contributed by atoms with Crippen LogP contribution in [0.2, 0.25) is 0 Å². The van der Waals surface area contributed by atoms with Gasteiger partial charge in [-0.3, -0.25) is 4.99 Å². The van der Waals surface area contributed by atoms with Crippen molar-refractivity contribution in [1.29, 1.82) is 0 Å². The first kappa shape index (κ1) is 24.8. The summed E-state index contributed by atoms with van der Waals surface area (Å²) in [5.74, 6) is 0.0892. The second-order valence-electron chi connectivity index (χ2n) is 5.55. The SMILES string of the molecule is CN=C(NCc1ccccc1OC(F)(F)F)NC(C)CCS(C)(=O)=O.I. The zero-order valence-electron chi connectivity index (χ0n) is 14.6. The third kappa shape index (κ3) is 10.7. The van der Waals surface area contributed by atoms with Crippen LogP contribution in [0.15, 0.2) is 29.3 Å². The topological polar surface area (TPSA) is 79.8 Å². The number of ether oxygens (including phenoxy) is 1. The fourth-order valence-corrected chi connectivity index (χ4v) is 2.73. The number of rotatable bonds is 7. The molecule has 0 fully saturated rings. The first-order valence-corrected chi connectivity index (χ1v) is 9.55. The van der Waals surface area contributed by atoms with Crippen LogP contribution in [-0.2, 0) is 16.4 Å². The van der Waals surface area contributed by atoms with Gasteiger partial charge in [0, 0.05) is 31.5 Å². The molecule has 0 saturated heterocycles. The lowest BCUT2D eigenvalue weighted by atomic mass is 10.2. The predicted octanol–water partition coefficient (Wildman–Crippen LogP) is 2.69. The molecule has 1 aromatic rings. The van der Waals surface area contributed by atoms with Crippen LogP contribution in [0.5, 0.6) is 5.75 Å². The molecule has 26 heavy (non-hydrogen) atoms. The highest BCUT2D eigenvalue weighted by atomic mass is 127.